The van der Waals surface area contributed by atoms with E-state index in [1.165, 1.54) is 4.31 Å². The molecule has 9 heteroatoms. The molecular formula is C14H17N5O2S2. The first-order chi connectivity index (χ1) is 10.8. The maximum atomic E-state index is 12.9. The molecule has 7 nitrogen and oxygen atoms in total. The summed E-state index contributed by atoms with van der Waals surface area (Å²) in [5.41, 5.74) is 3.73. The lowest BCUT2D eigenvalue weighted by molar-refractivity contribution is 0.465. The van der Waals surface area contributed by atoms with Crippen LogP contribution in [0.2, 0.25) is 0 Å². The number of aromatic nitrogens is 4. The lowest BCUT2D eigenvalue weighted by Gasteiger charge is -2.17. The molecule has 23 heavy (non-hydrogen) atoms. The third kappa shape index (κ3) is 2.64. The maximum Gasteiger partial charge on any atom is 0.245 e. The van der Waals surface area contributed by atoms with Crippen LogP contribution in [0.25, 0.3) is 11.0 Å². The van der Waals surface area contributed by atoms with Gasteiger partial charge in [-0.15, -0.1) is 0 Å². The average Bonchev–Trinajstić information content (AvgIpc) is 3.07. The van der Waals surface area contributed by atoms with E-state index in [1.807, 2.05) is 20.9 Å². The molecule has 0 fully saturated rings. The number of rotatable bonds is 4. The quantitative estimate of drug-likeness (QED) is 0.717. The largest absolute Gasteiger partial charge is 0.272 e. The van der Waals surface area contributed by atoms with Crippen LogP contribution in [0.4, 0.5) is 0 Å². The molecule has 3 rings (SSSR count). The van der Waals surface area contributed by atoms with Crippen molar-refractivity contribution in [3.63, 3.8) is 0 Å². The third-order valence-electron chi connectivity index (χ3n) is 3.98. The zero-order valence-electron chi connectivity index (χ0n) is 13.3. The summed E-state index contributed by atoms with van der Waals surface area (Å²) in [6.07, 6.45) is 0. The predicted octanol–water partition coefficient (Wildman–Crippen LogP) is 1.86. The molecule has 2 heterocycles. The van der Waals surface area contributed by atoms with Crippen molar-refractivity contribution in [2.45, 2.75) is 25.3 Å². The Morgan fingerprint density at radius 2 is 2.00 bits per heavy atom. The lowest BCUT2D eigenvalue weighted by atomic mass is 10.2. The Morgan fingerprint density at radius 1 is 1.26 bits per heavy atom. The molecule has 0 unspecified atom stereocenters. The van der Waals surface area contributed by atoms with Crippen molar-refractivity contribution in [3.05, 3.63) is 35.2 Å². The van der Waals surface area contributed by atoms with Gasteiger partial charge in [-0.25, -0.2) is 8.42 Å². The summed E-state index contributed by atoms with van der Waals surface area (Å²) in [5.74, 6) is 0. The van der Waals surface area contributed by atoms with Crippen LogP contribution in [0.3, 0.4) is 0 Å². The van der Waals surface area contributed by atoms with E-state index in [-0.39, 0.29) is 11.4 Å². The van der Waals surface area contributed by atoms with Crippen molar-refractivity contribution < 1.29 is 8.42 Å². The number of benzene rings is 1. The van der Waals surface area contributed by atoms with Gasteiger partial charge in [-0.2, -0.15) is 18.2 Å². The molecule has 0 aliphatic rings. The second-order valence-corrected chi connectivity index (χ2v) is 7.96. The SMILES string of the molecule is Cc1nn(C)c(C)c1CN(C)S(=O)(=O)c1cccc2nsnc12. The van der Waals surface area contributed by atoms with Gasteiger partial charge in [0, 0.05) is 31.9 Å². The number of hydrogen-bond donors (Lipinski definition) is 0. The van der Waals surface area contributed by atoms with Crippen LogP contribution in [0.15, 0.2) is 23.1 Å². The smallest absolute Gasteiger partial charge is 0.245 e. The summed E-state index contributed by atoms with van der Waals surface area (Å²) >= 11 is 1.01. The Labute approximate surface area is 138 Å². The normalized spacial score (nSPS) is 12.4. The zero-order chi connectivity index (χ0) is 16.8. The van der Waals surface area contributed by atoms with Gasteiger partial charge in [0.1, 0.15) is 15.9 Å². The van der Waals surface area contributed by atoms with Gasteiger partial charge in [0.15, 0.2) is 0 Å². The average molecular weight is 351 g/mol. The van der Waals surface area contributed by atoms with Crippen molar-refractivity contribution in [3.8, 4) is 0 Å². The van der Waals surface area contributed by atoms with Crippen molar-refractivity contribution in [1.29, 1.82) is 0 Å². The molecule has 3 aromatic rings. The first-order valence-electron chi connectivity index (χ1n) is 6.99. The van der Waals surface area contributed by atoms with E-state index in [1.54, 1.807) is 29.9 Å². The molecule has 122 valence electrons. The number of nitrogens with zero attached hydrogens (tertiary/aromatic N) is 5. The summed E-state index contributed by atoms with van der Waals surface area (Å²) in [5, 5.41) is 4.33. The van der Waals surface area contributed by atoms with Gasteiger partial charge in [-0.3, -0.25) is 4.68 Å². The minimum Gasteiger partial charge on any atom is -0.272 e. The van der Waals surface area contributed by atoms with Gasteiger partial charge in [0.25, 0.3) is 0 Å². The highest BCUT2D eigenvalue weighted by molar-refractivity contribution is 7.89. The highest BCUT2D eigenvalue weighted by Gasteiger charge is 2.26. The van der Waals surface area contributed by atoms with Crippen LogP contribution in [0.5, 0.6) is 0 Å². The molecule has 0 bridgehead atoms. The summed E-state index contributed by atoms with van der Waals surface area (Å²) in [7, 11) is -0.239. The number of aryl methyl sites for hydroxylation is 2. The van der Waals surface area contributed by atoms with E-state index >= 15 is 0 Å². The molecule has 0 atom stereocenters. The molecule has 2 aromatic heterocycles. The van der Waals surface area contributed by atoms with Crippen molar-refractivity contribution in [2.75, 3.05) is 7.05 Å². The van der Waals surface area contributed by atoms with E-state index in [9.17, 15) is 8.42 Å². The van der Waals surface area contributed by atoms with E-state index in [4.69, 9.17) is 0 Å². The number of sulfonamides is 1. The zero-order valence-corrected chi connectivity index (χ0v) is 14.9. The summed E-state index contributed by atoms with van der Waals surface area (Å²) in [4.78, 5) is 0.186. The summed E-state index contributed by atoms with van der Waals surface area (Å²) < 4.78 is 37.1. The molecule has 0 saturated carbocycles. The highest BCUT2D eigenvalue weighted by atomic mass is 32.2. The minimum atomic E-state index is -3.66. The fourth-order valence-corrected chi connectivity index (χ4v) is 4.40. The Hall–Kier alpha value is -1.84. The van der Waals surface area contributed by atoms with Crippen LogP contribution in [-0.2, 0) is 23.6 Å². The molecule has 1 aromatic carbocycles. The van der Waals surface area contributed by atoms with Gasteiger partial charge in [0.2, 0.25) is 10.0 Å². The number of fused-ring (bicyclic) bond motifs is 1. The van der Waals surface area contributed by atoms with Crippen molar-refractivity contribution >= 4 is 32.8 Å². The van der Waals surface area contributed by atoms with Gasteiger partial charge in [-0.05, 0) is 26.0 Å². The standard InChI is InChI=1S/C14H17N5O2S2/c1-9-11(10(2)19(4)15-9)8-18(3)23(20,21)13-7-5-6-12-14(13)17-22-16-12/h5-7H,8H2,1-4H3. The minimum absolute atomic E-state index is 0.186. The second kappa shape index (κ2) is 5.66. The Kier molecular flexibility index (Phi) is 3.95. The van der Waals surface area contributed by atoms with E-state index in [0.717, 1.165) is 28.7 Å². The first-order valence-corrected chi connectivity index (χ1v) is 9.16. The van der Waals surface area contributed by atoms with E-state index in [0.29, 0.717) is 11.0 Å². The van der Waals surface area contributed by atoms with Gasteiger partial charge < -0.3 is 0 Å². The van der Waals surface area contributed by atoms with Gasteiger partial charge in [0.05, 0.1) is 17.4 Å². The highest BCUT2D eigenvalue weighted by Crippen LogP contribution is 2.25. The molecule has 0 amide bonds. The number of hydrogen-bond acceptors (Lipinski definition) is 6. The van der Waals surface area contributed by atoms with Gasteiger partial charge >= 0.3 is 0 Å². The van der Waals surface area contributed by atoms with Crippen LogP contribution in [0, 0.1) is 13.8 Å². The Morgan fingerprint density at radius 3 is 2.65 bits per heavy atom. The molecule has 0 spiro atoms. The summed E-state index contributed by atoms with van der Waals surface area (Å²) in [6.45, 7) is 4.08. The topological polar surface area (TPSA) is 81.0 Å². The second-order valence-electron chi connectivity index (χ2n) is 5.42. The van der Waals surface area contributed by atoms with Crippen LogP contribution in [-0.4, -0.2) is 38.3 Å². The van der Waals surface area contributed by atoms with Crippen molar-refractivity contribution in [1.82, 2.24) is 22.8 Å². The molecule has 0 saturated heterocycles. The van der Waals surface area contributed by atoms with Crippen LogP contribution < -0.4 is 0 Å². The third-order valence-corrected chi connectivity index (χ3v) is 6.35. The molecule has 0 aliphatic heterocycles. The maximum absolute atomic E-state index is 12.9. The van der Waals surface area contributed by atoms with E-state index < -0.39 is 10.0 Å². The first kappa shape index (κ1) is 16.0. The summed E-state index contributed by atoms with van der Waals surface area (Å²) in [6, 6.07) is 5.01. The monoisotopic (exact) mass is 351 g/mol. The fraction of sp³-hybridized carbons (Fsp3) is 0.357. The Balaban J connectivity index is 2.01. The molecular weight excluding hydrogens is 334 g/mol. The fourth-order valence-electron chi connectivity index (χ4n) is 2.51. The van der Waals surface area contributed by atoms with Crippen molar-refractivity contribution in [2.24, 2.45) is 7.05 Å². The van der Waals surface area contributed by atoms with Crippen LogP contribution in [0.1, 0.15) is 17.0 Å². The van der Waals surface area contributed by atoms with Gasteiger partial charge in [-0.1, -0.05) is 6.07 Å². The lowest BCUT2D eigenvalue weighted by Crippen LogP contribution is -2.27. The molecule has 0 radical (unpaired) electrons. The van der Waals surface area contributed by atoms with E-state index in [2.05, 4.69) is 13.8 Å². The predicted molar refractivity (Wildman–Crippen MR) is 88.7 cm³/mol. The molecule has 0 aliphatic carbocycles. The Bertz CT molecular complexity index is 974. The molecule has 0 N–H and O–H groups in total. The van der Waals surface area contributed by atoms with Crippen LogP contribution >= 0.6 is 11.7 Å².